The van der Waals surface area contributed by atoms with Crippen LogP contribution < -0.4 is 11.1 Å². The van der Waals surface area contributed by atoms with Gasteiger partial charge >= 0.3 is 0 Å². The molecule has 0 aromatic carbocycles. The minimum atomic E-state index is -0.239. The van der Waals surface area contributed by atoms with Crippen molar-refractivity contribution in [3.63, 3.8) is 0 Å². The van der Waals surface area contributed by atoms with Gasteiger partial charge in [0.15, 0.2) is 0 Å². The number of amides is 1. The lowest BCUT2D eigenvalue weighted by Crippen LogP contribution is -2.38. The molecule has 1 atom stereocenters. The summed E-state index contributed by atoms with van der Waals surface area (Å²) in [7, 11) is 0. The molecule has 1 aliphatic heterocycles. The molecule has 4 nitrogen and oxygen atoms in total. The summed E-state index contributed by atoms with van der Waals surface area (Å²) in [5, 5.41) is 3.33. The van der Waals surface area contributed by atoms with Crippen LogP contribution in [0.25, 0.3) is 0 Å². The fraction of sp³-hybridized carbons (Fsp3) is 0.900. The highest BCUT2D eigenvalue weighted by atomic mass is 16.5. The van der Waals surface area contributed by atoms with Crippen molar-refractivity contribution in [1.29, 1.82) is 0 Å². The lowest BCUT2D eigenvalue weighted by atomic mass is 9.93. The number of nitrogens with two attached hydrogens (primary N) is 1. The second kappa shape index (κ2) is 5.98. The summed E-state index contributed by atoms with van der Waals surface area (Å²) in [4.78, 5) is 10.5. The summed E-state index contributed by atoms with van der Waals surface area (Å²) < 4.78 is 5.29. The first-order chi connectivity index (χ1) is 6.70. The zero-order valence-corrected chi connectivity index (χ0v) is 8.79. The van der Waals surface area contributed by atoms with Gasteiger partial charge in [-0.25, -0.2) is 0 Å². The number of hydrogen-bond donors (Lipinski definition) is 2. The molecule has 1 saturated heterocycles. The summed E-state index contributed by atoms with van der Waals surface area (Å²) >= 11 is 0. The van der Waals surface area contributed by atoms with Crippen LogP contribution in [0.4, 0.5) is 0 Å². The third kappa shape index (κ3) is 4.07. The molecule has 1 rings (SSSR count). The van der Waals surface area contributed by atoms with E-state index >= 15 is 0 Å². The number of carbonyl (C=O) groups excluding carboxylic acids is 1. The van der Waals surface area contributed by atoms with Gasteiger partial charge < -0.3 is 15.8 Å². The molecule has 3 N–H and O–H groups in total. The van der Waals surface area contributed by atoms with E-state index in [1.165, 1.54) is 0 Å². The second-order valence-corrected chi connectivity index (χ2v) is 3.91. The Labute approximate surface area is 85.2 Å². The van der Waals surface area contributed by atoms with Crippen LogP contribution in [0.2, 0.25) is 0 Å². The molecule has 1 aliphatic rings. The van der Waals surface area contributed by atoms with Gasteiger partial charge in [0.2, 0.25) is 5.91 Å². The summed E-state index contributed by atoms with van der Waals surface area (Å²) in [5.74, 6) is 0.438. The van der Waals surface area contributed by atoms with E-state index in [0.717, 1.165) is 26.1 Å². The number of nitrogens with one attached hydrogen (secondary N) is 1. The molecule has 0 aromatic rings. The van der Waals surface area contributed by atoms with Crippen LogP contribution in [0.3, 0.4) is 0 Å². The van der Waals surface area contributed by atoms with Crippen LogP contribution in [0, 0.1) is 5.92 Å². The van der Waals surface area contributed by atoms with Gasteiger partial charge in [0.1, 0.15) is 0 Å². The Bertz CT molecular complexity index is 179. The SMILES string of the molecule is CC(NCCC(N)=O)C1CCOCC1. The third-order valence-electron chi connectivity index (χ3n) is 2.81. The van der Waals surface area contributed by atoms with Crippen LogP contribution >= 0.6 is 0 Å². The molecular weight excluding hydrogens is 180 g/mol. The Morgan fingerprint density at radius 3 is 2.79 bits per heavy atom. The lowest BCUT2D eigenvalue weighted by molar-refractivity contribution is -0.117. The van der Waals surface area contributed by atoms with Crippen molar-refractivity contribution >= 4 is 5.91 Å². The summed E-state index contributed by atoms with van der Waals surface area (Å²) in [6, 6.07) is 0.457. The molecule has 14 heavy (non-hydrogen) atoms. The number of rotatable bonds is 5. The predicted octanol–water partition coefficient (Wildman–Crippen LogP) is 0.267. The highest BCUT2D eigenvalue weighted by molar-refractivity contribution is 5.73. The van der Waals surface area contributed by atoms with Crippen LogP contribution in [0.5, 0.6) is 0 Å². The minimum absolute atomic E-state index is 0.239. The van der Waals surface area contributed by atoms with Crippen molar-refractivity contribution in [3.05, 3.63) is 0 Å². The van der Waals surface area contributed by atoms with Gasteiger partial charge in [0, 0.05) is 32.2 Å². The van der Waals surface area contributed by atoms with Gasteiger partial charge in [-0.3, -0.25) is 4.79 Å². The predicted molar refractivity (Wildman–Crippen MR) is 54.8 cm³/mol. The van der Waals surface area contributed by atoms with Crippen molar-refractivity contribution < 1.29 is 9.53 Å². The fourth-order valence-corrected chi connectivity index (χ4v) is 1.81. The van der Waals surface area contributed by atoms with Crippen LogP contribution in [0.15, 0.2) is 0 Å². The van der Waals surface area contributed by atoms with Gasteiger partial charge in [0.05, 0.1) is 0 Å². The lowest BCUT2D eigenvalue weighted by Gasteiger charge is -2.28. The van der Waals surface area contributed by atoms with E-state index in [9.17, 15) is 4.79 Å². The number of primary amides is 1. The average molecular weight is 200 g/mol. The molecule has 0 aromatic heterocycles. The molecule has 1 heterocycles. The zero-order valence-electron chi connectivity index (χ0n) is 8.79. The van der Waals surface area contributed by atoms with E-state index in [1.54, 1.807) is 0 Å². The van der Waals surface area contributed by atoms with E-state index in [1.807, 2.05) is 0 Å². The van der Waals surface area contributed by atoms with Crippen molar-refractivity contribution in [1.82, 2.24) is 5.32 Å². The van der Waals surface area contributed by atoms with Gasteiger partial charge in [-0.05, 0) is 25.7 Å². The van der Waals surface area contributed by atoms with Crippen molar-refractivity contribution in [2.24, 2.45) is 11.7 Å². The molecule has 4 heteroatoms. The standard InChI is InChI=1S/C10H20N2O2/c1-8(12-5-2-10(11)13)9-3-6-14-7-4-9/h8-9,12H,2-7H2,1H3,(H2,11,13). The highest BCUT2D eigenvalue weighted by Crippen LogP contribution is 2.18. The molecule has 0 saturated carbocycles. The summed E-state index contributed by atoms with van der Waals surface area (Å²) in [5.41, 5.74) is 5.06. The molecule has 0 bridgehead atoms. The first-order valence-electron chi connectivity index (χ1n) is 5.29. The van der Waals surface area contributed by atoms with Crippen molar-refractivity contribution in [2.75, 3.05) is 19.8 Å². The number of ether oxygens (including phenoxy) is 1. The molecule has 1 unspecified atom stereocenters. The van der Waals surface area contributed by atoms with E-state index in [-0.39, 0.29) is 5.91 Å². The minimum Gasteiger partial charge on any atom is -0.381 e. The van der Waals surface area contributed by atoms with E-state index < -0.39 is 0 Å². The van der Waals surface area contributed by atoms with Crippen molar-refractivity contribution in [3.8, 4) is 0 Å². The molecular formula is C10H20N2O2. The topological polar surface area (TPSA) is 64.3 Å². The van der Waals surface area contributed by atoms with Gasteiger partial charge in [-0.2, -0.15) is 0 Å². The maximum atomic E-state index is 10.5. The second-order valence-electron chi connectivity index (χ2n) is 3.91. The quantitative estimate of drug-likeness (QED) is 0.669. The molecule has 0 spiro atoms. The van der Waals surface area contributed by atoms with E-state index in [4.69, 9.17) is 10.5 Å². The van der Waals surface area contributed by atoms with E-state index in [2.05, 4.69) is 12.2 Å². The van der Waals surface area contributed by atoms with E-state index in [0.29, 0.717) is 24.9 Å². The van der Waals surface area contributed by atoms with Crippen LogP contribution in [-0.4, -0.2) is 31.7 Å². The fourth-order valence-electron chi connectivity index (χ4n) is 1.81. The Morgan fingerprint density at radius 1 is 1.57 bits per heavy atom. The zero-order chi connectivity index (χ0) is 10.4. The van der Waals surface area contributed by atoms with Crippen molar-refractivity contribution in [2.45, 2.75) is 32.2 Å². The Hall–Kier alpha value is -0.610. The molecule has 0 radical (unpaired) electrons. The number of hydrogen-bond acceptors (Lipinski definition) is 3. The Morgan fingerprint density at radius 2 is 2.21 bits per heavy atom. The number of carbonyl (C=O) groups is 1. The maximum Gasteiger partial charge on any atom is 0.218 e. The molecule has 82 valence electrons. The monoisotopic (exact) mass is 200 g/mol. The molecule has 1 amide bonds. The van der Waals surface area contributed by atoms with Crippen LogP contribution in [0.1, 0.15) is 26.2 Å². The van der Waals surface area contributed by atoms with Gasteiger partial charge in [0.25, 0.3) is 0 Å². The third-order valence-corrected chi connectivity index (χ3v) is 2.81. The van der Waals surface area contributed by atoms with Gasteiger partial charge in [-0.15, -0.1) is 0 Å². The summed E-state index contributed by atoms with van der Waals surface area (Å²) in [6.45, 7) is 4.59. The van der Waals surface area contributed by atoms with Gasteiger partial charge in [-0.1, -0.05) is 0 Å². The normalized spacial score (nSPS) is 20.6. The average Bonchev–Trinajstić information content (AvgIpc) is 2.18. The molecule has 1 fully saturated rings. The summed E-state index contributed by atoms with van der Waals surface area (Å²) in [6.07, 6.45) is 2.66. The first-order valence-corrected chi connectivity index (χ1v) is 5.29. The highest BCUT2D eigenvalue weighted by Gasteiger charge is 2.19. The Balaban J connectivity index is 2.13. The molecule has 0 aliphatic carbocycles. The largest absolute Gasteiger partial charge is 0.381 e. The smallest absolute Gasteiger partial charge is 0.218 e. The Kier molecular flexibility index (Phi) is 4.90. The maximum absolute atomic E-state index is 10.5. The first kappa shape index (κ1) is 11.5. The van der Waals surface area contributed by atoms with Crippen LogP contribution in [-0.2, 0) is 9.53 Å².